The summed E-state index contributed by atoms with van der Waals surface area (Å²) in [6.45, 7) is 1.50. The molecule has 0 aliphatic carbocycles. The smallest absolute Gasteiger partial charge is 0.241 e. The number of nitrogens with two attached hydrogens (primary N) is 1. The molecule has 4 N–H and O–H groups in total. The quantitative estimate of drug-likeness (QED) is 0.733. The van der Waals surface area contributed by atoms with Crippen molar-refractivity contribution in [2.24, 2.45) is 5.73 Å². The summed E-state index contributed by atoms with van der Waals surface area (Å²) in [6.07, 6.45) is -0.767. The lowest BCUT2D eigenvalue weighted by Crippen LogP contribution is -2.43. The van der Waals surface area contributed by atoms with Gasteiger partial charge in [-0.25, -0.2) is 13.1 Å². The van der Waals surface area contributed by atoms with Crippen LogP contribution in [0.3, 0.4) is 0 Å². The number of sulfonamides is 1. The van der Waals surface area contributed by atoms with Crippen LogP contribution in [-0.4, -0.2) is 32.2 Å². The number of hydrogen-bond donors (Lipinski definition) is 3. The first-order valence-corrected chi connectivity index (χ1v) is 7.30. The molecule has 0 fully saturated rings. The van der Waals surface area contributed by atoms with Crippen molar-refractivity contribution < 1.29 is 13.5 Å². The zero-order valence-electron chi connectivity index (χ0n) is 9.30. The number of aliphatic hydroxyl groups is 1. The highest BCUT2D eigenvalue weighted by Gasteiger charge is 2.19. The first-order valence-electron chi connectivity index (χ1n) is 5.02. The minimum absolute atomic E-state index is 0.0126. The van der Waals surface area contributed by atoms with Crippen LogP contribution in [0.2, 0.25) is 0 Å². The monoisotopic (exact) mass is 322 g/mol. The van der Waals surface area contributed by atoms with Crippen LogP contribution in [0.1, 0.15) is 6.92 Å². The second-order valence-electron chi connectivity index (χ2n) is 3.69. The number of aliphatic hydroxyl groups excluding tert-OH is 1. The van der Waals surface area contributed by atoms with E-state index < -0.39 is 22.2 Å². The number of rotatable bonds is 5. The van der Waals surface area contributed by atoms with E-state index in [9.17, 15) is 13.5 Å². The van der Waals surface area contributed by atoms with Crippen molar-refractivity contribution in [2.45, 2.75) is 24.0 Å². The minimum atomic E-state index is -3.61. The molecule has 1 rings (SSSR count). The van der Waals surface area contributed by atoms with E-state index in [1.165, 1.54) is 13.0 Å². The average molecular weight is 323 g/mol. The van der Waals surface area contributed by atoms with Crippen LogP contribution in [-0.2, 0) is 10.0 Å². The fourth-order valence-electron chi connectivity index (χ4n) is 1.12. The Hall–Kier alpha value is -0.470. The molecule has 2 unspecified atom stereocenters. The van der Waals surface area contributed by atoms with E-state index in [0.717, 1.165) is 0 Å². The first-order chi connectivity index (χ1) is 7.84. The van der Waals surface area contributed by atoms with Crippen LogP contribution in [0.25, 0.3) is 0 Å². The van der Waals surface area contributed by atoms with Gasteiger partial charge in [-0.3, -0.25) is 0 Å². The molecule has 96 valence electrons. The number of halogens is 1. The molecule has 1 aromatic carbocycles. The van der Waals surface area contributed by atoms with Crippen LogP contribution in [0.4, 0.5) is 0 Å². The summed E-state index contributed by atoms with van der Waals surface area (Å²) in [5.74, 6) is 0. The first kappa shape index (κ1) is 14.6. The topological polar surface area (TPSA) is 92.4 Å². The summed E-state index contributed by atoms with van der Waals surface area (Å²) in [4.78, 5) is 0.151. The van der Waals surface area contributed by atoms with Gasteiger partial charge in [0.15, 0.2) is 0 Å². The third kappa shape index (κ3) is 4.04. The Morgan fingerprint density at radius 2 is 2.06 bits per heavy atom. The van der Waals surface area contributed by atoms with Crippen molar-refractivity contribution >= 4 is 26.0 Å². The molecule has 0 aromatic heterocycles. The van der Waals surface area contributed by atoms with Gasteiger partial charge in [-0.2, -0.15) is 0 Å². The van der Waals surface area contributed by atoms with Gasteiger partial charge in [0, 0.05) is 17.1 Å². The fraction of sp³-hybridized carbons (Fsp3) is 0.400. The zero-order chi connectivity index (χ0) is 13.1. The average Bonchev–Trinajstić information content (AvgIpc) is 2.26. The molecule has 0 spiro atoms. The number of benzene rings is 1. The van der Waals surface area contributed by atoms with E-state index in [4.69, 9.17) is 5.73 Å². The lowest BCUT2D eigenvalue weighted by Gasteiger charge is -2.15. The van der Waals surface area contributed by atoms with E-state index in [1.807, 2.05) is 0 Å². The van der Waals surface area contributed by atoms with Gasteiger partial charge >= 0.3 is 0 Å². The Balaban J connectivity index is 2.80. The van der Waals surface area contributed by atoms with Gasteiger partial charge in [-0.15, -0.1) is 0 Å². The summed E-state index contributed by atoms with van der Waals surface area (Å²) < 4.78 is 26.6. The zero-order valence-corrected chi connectivity index (χ0v) is 11.7. The van der Waals surface area contributed by atoms with E-state index in [2.05, 4.69) is 20.7 Å². The summed E-state index contributed by atoms with van der Waals surface area (Å²) in [5.41, 5.74) is 5.55. The predicted molar refractivity (Wildman–Crippen MR) is 69.0 cm³/mol. The molecule has 0 saturated heterocycles. The second-order valence-corrected chi connectivity index (χ2v) is 6.28. The maximum absolute atomic E-state index is 11.9. The van der Waals surface area contributed by atoms with E-state index in [1.54, 1.807) is 18.2 Å². The highest BCUT2D eigenvalue weighted by atomic mass is 79.9. The molecule has 0 amide bonds. The molecule has 0 bridgehead atoms. The van der Waals surface area contributed by atoms with Crippen molar-refractivity contribution in [1.82, 2.24) is 4.72 Å². The Kier molecular flexibility index (Phi) is 5.08. The predicted octanol–water partition coefficient (Wildman–Crippen LogP) is 0.436. The SMILES string of the molecule is CC(O)C(N)CNS(=O)(=O)c1ccccc1Br. The Morgan fingerprint density at radius 3 is 2.59 bits per heavy atom. The summed E-state index contributed by atoms with van der Waals surface area (Å²) in [5, 5.41) is 9.17. The third-order valence-corrected chi connectivity index (χ3v) is 4.69. The lowest BCUT2D eigenvalue weighted by atomic mass is 10.2. The molecule has 0 heterocycles. The molecule has 7 heteroatoms. The van der Waals surface area contributed by atoms with Crippen molar-refractivity contribution in [3.05, 3.63) is 28.7 Å². The van der Waals surface area contributed by atoms with Crippen molar-refractivity contribution in [1.29, 1.82) is 0 Å². The van der Waals surface area contributed by atoms with Crippen LogP contribution >= 0.6 is 15.9 Å². The molecule has 0 radical (unpaired) electrons. The van der Waals surface area contributed by atoms with Gasteiger partial charge < -0.3 is 10.8 Å². The maximum atomic E-state index is 11.9. The van der Waals surface area contributed by atoms with Crippen LogP contribution in [0, 0.1) is 0 Å². The fourth-order valence-corrected chi connectivity index (χ4v) is 3.19. The van der Waals surface area contributed by atoms with Crippen LogP contribution in [0.15, 0.2) is 33.6 Å². The highest BCUT2D eigenvalue weighted by Crippen LogP contribution is 2.20. The lowest BCUT2D eigenvalue weighted by molar-refractivity contribution is 0.164. The highest BCUT2D eigenvalue weighted by molar-refractivity contribution is 9.10. The molecule has 5 nitrogen and oxygen atoms in total. The third-order valence-electron chi connectivity index (χ3n) is 2.25. The Labute approximate surface area is 109 Å². The minimum Gasteiger partial charge on any atom is -0.392 e. The Bertz CT molecular complexity index is 476. The van der Waals surface area contributed by atoms with Crippen molar-refractivity contribution in [3.63, 3.8) is 0 Å². The number of hydrogen-bond acceptors (Lipinski definition) is 4. The molecule has 0 saturated carbocycles. The summed E-state index contributed by atoms with van der Waals surface area (Å²) in [7, 11) is -3.61. The van der Waals surface area contributed by atoms with Crippen LogP contribution < -0.4 is 10.5 Å². The number of nitrogens with one attached hydrogen (secondary N) is 1. The summed E-state index contributed by atoms with van der Waals surface area (Å²) >= 11 is 3.17. The summed E-state index contributed by atoms with van der Waals surface area (Å²) in [6, 6.07) is 5.86. The standard InChI is InChI=1S/C10H15BrN2O3S/c1-7(14)9(12)6-13-17(15,16)10-5-3-2-4-8(10)11/h2-5,7,9,13-14H,6,12H2,1H3. The van der Waals surface area contributed by atoms with E-state index in [0.29, 0.717) is 4.47 Å². The van der Waals surface area contributed by atoms with Crippen LogP contribution in [0.5, 0.6) is 0 Å². The molecule has 17 heavy (non-hydrogen) atoms. The largest absolute Gasteiger partial charge is 0.392 e. The van der Waals surface area contributed by atoms with Gasteiger partial charge in [0.05, 0.1) is 11.0 Å². The van der Waals surface area contributed by atoms with Crippen molar-refractivity contribution in [2.75, 3.05) is 6.54 Å². The Morgan fingerprint density at radius 1 is 1.47 bits per heavy atom. The van der Waals surface area contributed by atoms with E-state index in [-0.39, 0.29) is 11.4 Å². The molecule has 1 aromatic rings. The van der Waals surface area contributed by atoms with Gasteiger partial charge in [-0.1, -0.05) is 12.1 Å². The molecule has 0 aliphatic heterocycles. The van der Waals surface area contributed by atoms with Gasteiger partial charge in [0.25, 0.3) is 0 Å². The molecular formula is C10H15BrN2O3S. The molecule has 2 atom stereocenters. The molecular weight excluding hydrogens is 308 g/mol. The van der Waals surface area contributed by atoms with Gasteiger partial charge in [0.2, 0.25) is 10.0 Å². The normalized spacial score (nSPS) is 15.5. The van der Waals surface area contributed by atoms with Crippen molar-refractivity contribution in [3.8, 4) is 0 Å². The molecule has 0 aliphatic rings. The second kappa shape index (κ2) is 5.92. The maximum Gasteiger partial charge on any atom is 0.241 e. The van der Waals surface area contributed by atoms with Gasteiger partial charge in [-0.05, 0) is 35.0 Å². The van der Waals surface area contributed by atoms with Gasteiger partial charge in [0.1, 0.15) is 0 Å². The van der Waals surface area contributed by atoms with E-state index >= 15 is 0 Å².